The summed E-state index contributed by atoms with van der Waals surface area (Å²) in [5, 5.41) is 5.34. The first-order valence-corrected chi connectivity index (χ1v) is 8.86. The van der Waals surface area contributed by atoms with E-state index in [0.717, 1.165) is 34.1 Å². The van der Waals surface area contributed by atoms with Crippen LogP contribution in [-0.4, -0.2) is 23.6 Å². The molecule has 0 aliphatic carbocycles. The first-order chi connectivity index (χ1) is 11.6. The van der Waals surface area contributed by atoms with Gasteiger partial charge in [-0.3, -0.25) is 4.79 Å². The monoisotopic (exact) mass is 347 g/mol. The highest BCUT2D eigenvalue weighted by Crippen LogP contribution is 2.35. The molecule has 24 heavy (non-hydrogen) atoms. The van der Waals surface area contributed by atoms with Crippen LogP contribution in [0.25, 0.3) is 0 Å². The average molecular weight is 347 g/mol. The summed E-state index contributed by atoms with van der Waals surface area (Å²) in [5.41, 5.74) is 7.97. The molecule has 2 heterocycles. The average Bonchev–Trinajstić information content (AvgIpc) is 3.17. The summed E-state index contributed by atoms with van der Waals surface area (Å²) in [4.78, 5) is 16.4. The number of hydrogen-bond donors (Lipinski definition) is 2. The van der Waals surface area contributed by atoms with Crippen molar-refractivity contribution in [3.05, 3.63) is 39.3 Å². The maximum absolute atomic E-state index is 12.2. The number of nitrogens with two attached hydrogens (primary N) is 1. The number of benzene rings is 1. The number of ether oxygens (including phenoxy) is 2. The maximum Gasteiger partial charge on any atom is 0.271 e. The van der Waals surface area contributed by atoms with Gasteiger partial charge in [-0.25, -0.2) is 4.98 Å². The molecule has 0 saturated heterocycles. The van der Waals surface area contributed by atoms with E-state index in [1.54, 1.807) is 5.38 Å². The third kappa shape index (κ3) is 3.52. The van der Waals surface area contributed by atoms with Crippen LogP contribution in [0.4, 0.5) is 0 Å². The van der Waals surface area contributed by atoms with Gasteiger partial charge in [0.1, 0.15) is 28.3 Å². The number of hydrogen-bond acceptors (Lipinski definition) is 6. The smallest absolute Gasteiger partial charge is 0.271 e. The molecule has 0 saturated carbocycles. The van der Waals surface area contributed by atoms with Gasteiger partial charge in [0.2, 0.25) is 0 Å². The fourth-order valence-electron chi connectivity index (χ4n) is 2.68. The fraction of sp³-hybridized carbons (Fsp3) is 0.412. The summed E-state index contributed by atoms with van der Waals surface area (Å²) >= 11 is 1.39. The molecule has 3 N–H and O–H groups in total. The molecular weight excluding hydrogens is 326 g/mol. The molecule has 1 amide bonds. The van der Waals surface area contributed by atoms with Gasteiger partial charge in [0, 0.05) is 36.0 Å². The van der Waals surface area contributed by atoms with Gasteiger partial charge >= 0.3 is 0 Å². The zero-order valence-corrected chi connectivity index (χ0v) is 14.6. The first kappa shape index (κ1) is 16.7. The highest BCUT2D eigenvalue weighted by Gasteiger charge is 2.22. The Labute approximate surface area is 145 Å². The third-order valence-corrected chi connectivity index (χ3v) is 4.65. The Bertz CT molecular complexity index is 745. The van der Waals surface area contributed by atoms with Crippen molar-refractivity contribution in [3.8, 4) is 11.5 Å². The standard InChI is InChI=1S/C17H21N3O3S/c1-3-22-14-5-11-4-10(2)23-15(11)6-12(14)8-19-17(21)13-9-24-16(7-18)20-13/h5-6,9-10H,3-4,7-8,18H2,1-2H3,(H,19,21). The van der Waals surface area contributed by atoms with E-state index >= 15 is 0 Å². The Morgan fingerprint density at radius 3 is 3.08 bits per heavy atom. The summed E-state index contributed by atoms with van der Waals surface area (Å²) in [7, 11) is 0. The van der Waals surface area contributed by atoms with E-state index in [0.29, 0.717) is 25.4 Å². The van der Waals surface area contributed by atoms with Gasteiger partial charge < -0.3 is 20.5 Å². The van der Waals surface area contributed by atoms with Gasteiger partial charge in [0.15, 0.2) is 0 Å². The maximum atomic E-state index is 12.2. The zero-order chi connectivity index (χ0) is 17.1. The molecule has 1 aliphatic rings. The normalized spacial score (nSPS) is 15.7. The zero-order valence-electron chi connectivity index (χ0n) is 13.8. The highest BCUT2D eigenvalue weighted by atomic mass is 32.1. The second kappa shape index (κ2) is 7.19. The van der Waals surface area contributed by atoms with Crippen molar-refractivity contribution >= 4 is 17.2 Å². The van der Waals surface area contributed by atoms with Crippen LogP contribution >= 0.6 is 11.3 Å². The molecule has 0 bridgehead atoms. The minimum absolute atomic E-state index is 0.170. The molecular formula is C17H21N3O3S. The van der Waals surface area contributed by atoms with Gasteiger partial charge in [-0.05, 0) is 26.0 Å². The lowest BCUT2D eigenvalue weighted by Crippen LogP contribution is -2.23. The van der Waals surface area contributed by atoms with Crippen LogP contribution in [0, 0.1) is 0 Å². The van der Waals surface area contributed by atoms with Crippen molar-refractivity contribution in [1.82, 2.24) is 10.3 Å². The topological polar surface area (TPSA) is 86.5 Å². The number of nitrogens with zero attached hydrogens (tertiary/aromatic N) is 1. The van der Waals surface area contributed by atoms with E-state index in [-0.39, 0.29) is 12.0 Å². The lowest BCUT2D eigenvalue weighted by atomic mass is 10.1. The van der Waals surface area contributed by atoms with Crippen molar-refractivity contribution in [1.29, 1.82) is 0 Å². The molecule has 0 radical (unpaired) electrons. The molecule has 6 nitrogen and oxygen atoms in total. The second-order valence-electron chi connectivity index (χ2n) is 5.65. The Kier molecular flexibility index (Phi) is 5.01. The van der Waals surface area contributed by atoms with E-state index in [4.69, 9.17) is 15.2 Å². The van der Waals surface area contributed by atoms with Crippen LogP contribution in [0.1, 0.15) is 40.5 Å². The lowest BCUT2D eigenvalue weighted by molar-refractivity contribution is 0.0946. The van der Waals surface area contributed by atoms with Gasteiger partial charge in [-0.2, -0.15) is 0 Å². The molecule has 0 spiro atoms. The van der Waals surface area contributed by atoms with Gasteiger partial charge in [0.25, 0.3) is 5.91 Å². The molecule has 1 atom stereocenters. The number of thiazole rings is 1. The van der Waals surface area contributed by atoms with E-state index < -0.39 is 0 Å². The van der Waals surface area contributed by atoms with Crippen molar-refractivity contribution in [2.75, 3.05) is 6.61 Å². The van der Waals surface area contributed by atoms with E-state index in [9.17, 15) is 4.79 Å². The van der Waals surface area contributed by atoms with Gasteiger partial charge in [-0.1, -0.05) is 0 Å². The highest BCUT2D eigenvalue weighted by molar-refractivity contribution is 7.09. The van der Waals surface area contributed by atoms with Crippen LogP contribution in [0.15, 0.2) is 17.5 Å². The number of nitrogens with one attached hydrogen (secondary N) is 1. The second-order valence-corrected chi connectivity index (χ2v) is 6.59. The van der Waals surface area contributed by atoms with Crippen LogP contribution < -0.4 is 20.5 Å². The summed E-state index contributed by atoms with van der Waals surface area (Å²) < 4.78 is 11.5. The minimum atomic E-state index is -0.219. The van der Waals surface area contributed by atoms with Crippen LogP contribution in [0.5, 0.6) is 11.5 Å². The molecule has 128 valence electrons. The number of carbonyl (C=O) groups excluding carboxylic acids is 1. The summed E-state index contributed by atoms with van der Waals surface area (Å²) in [6.45, 7) is 5.25. The van der Waals surface area contributed by atoms with E-state index in [1.807, 2.05) is 26.0 Å². The molecule has 1 unspecified atom stereocenters. The predicted molar refractivity (Wildman–Crippen MR) is 92.6 cm³/mol. The van der Waals surface area contributed by atoms with Crippen molar-refractivity contribution in [2.24, 2.45) is 5.73 Å². The molecule has 0 fully saturated rings. The Hall–Kier alpha value is -2.12. The van der Waals surface area contributed by atoms with E-state index in [2.05, 4.69) is 10.3 Å². The number of rotatable bonds is 6. The summed E-state index contributed by atoms with van der Waals surface area (Å²) in [6.07, 6.45) is 1.05. The van der Waals surface area contributed by atoms with E-state index in [1.165, 1.54) is 11.3 Å². The fourth-order valence-corrected chi connectivity index (χ4v) is 3.34. The van der Waals surface area contributed by atoms with Crippen LogP contribution in [0.2, 0.25) is 0 Å². The van der Waals surface area contributed by atoms with Gasteiger partial charge in [-0.15, -0.1) is 11.3 Å². The SMILES string of the molecule is CCOc1cc2c(cc1CNC(=O)c1csc(CN)n1)OC(C)C2. The molecule has 1 aromatic carbocycles. The quantitative estimate of drug-likeness (QED) is 0.837. The summed E-state index contributed by atoms with van der Waals surface area (Å²) in [5.74, 6) is 1.44. The van der Waals surface area contributed by atoms with Crippen molar-refractivity contribution in [2.45, 2.75) is 39.5 Å². The van der Waals surface area contributed by atoms with Crippen molar-refractivity contribution < 1.29 is 14.3 Å². The Balaban J connectivity index is 1.74. The molecule has 7 heteroatoms. The summed E-state index contributed by atoms with van der Waals surface area (Å²) in [6, 6.07) is 3.97. The Morgan fingerprint density at radius 1 is 1.54 bits per heavy atom. The van der Waals surface area contributed by atoms with Gasteiger partial charge in [0.05, 0.1) is 6.61 Å². The largest absolute Gasteiger partial charge is 0.494 e. The number of amides is 1. The minimum Gasteiger partial charge on any atom is -0.494 e. The number of carbonyl (C=O) groups is 1. The first-order valence-electron chi connectivity index (χ1n) is 7.98. The molecule has 3 rings (SSSR count). The molecule has 2 aromatic rings. The molecule has 1 aliphatic heterocycles. The van der Waals surface area contributed by atoms with Crippen LogP contribution in [-0.2, 0) is 19.5 Å². The predicted octanol–water partition coefficient (Wildman–Crippen LogP) is 2.25. The number of aromatic nitrogens is 1. The molecule has 1 aromatic heterocycles. The Morgan fingerprint density at radius 2 is 2.38 bits per heavy atom. The lowest BCUT2D eigenvalue weighted by Gasteiger charge is -2.13. The third-order valence-electron chi connectivity index (χ3n) is 3.78. The number of fused-ring (bicyclic) bond motifs is 1. The van der Waals surface area contributed by atoms with Crippen LogP contribution in [0.3, 0.4) is 0 Å². The van der Waals surface area contributed by atoms with Crippen molar-refractivity contribution in [3.63, 3.8) is 0 Å².